The number of hydrogen-bond donors (Lipinski definition) is 2. The maximum atomic E-state index is 12.1. The molecule has 5 nitrogen and oxygen atoms in total. The lowest BCUT2D eigenvalue weighted by molar-refractivity contribution is 0.845. The molecule has 0 radical (unpaired) electrons. The van der Waals surface area contributed by atoms with E-state index in [9.17, 15) is 4.79 Å². The molecular formula is C19H16N4O. The van der Waals surface area contributed by atoms with E-state index in [1.54, 1.807) is 0 Å². The van der Waals surface area contributed by atoms with Gasteiger partial charge in [0.15, 0.2) is 0 Å². The molecule has 0 aliphatic rings. The summed E-state index contributed by atoms with van der Waals surface area (Å²) in [6.07, 6.45) is 3.01. The van der Waals surface area contributed by atoms with E-state index in [0.29, 0.717) is 18.5 Å². The highest BCUT2D eigenvalue weighted by molar-refractivity contribution is 5.73. The van der Waals surface area contributed by atoms with Crippen molar-refractivity contribution in [3.8, 4) is 11.3 Å². The number of aromatic nitrogens is 4. The van der Waals surface area contributed by atoms with E-state index < -0.39 is 0 Å². The Labute approximate surface area is 138 Å². The van der Waals surface area contributed by atoms with Gasteiger partial charge in [0.05, 0.1) is 22.9 Å². The molecule has 5 heteroatoms. The number of imidazole rings is 1. The van der Waals surface area contributed by atoms with E-state index in [1.165, 1.54) is 0 Å². The minimum atomic E-state index is -0.136. The zero-order valence-electron chi connectivity index (χ0n) is 13.0. The first-order valence-corrected chi connectivity index (χ1v) is 7.87. The number of aromatic amines is 2. The molecule has 2 aromatic heterocycles. The fraction of sp³-hybridized carbons (Fsp3) is 0.105. The third-order valence-corrected chi connectivity index (χ3v) is 3.98. The maximum Gasteiger partial charge on any atom is 0.270 e. The average Bonchev–Trinajstić information content (AvgIpc) is 3.10. The number of nitrogens with one attached hydrogen (secondary N) is 2. The van der Waals surface area contributed by atoms with Gasteiger partial charge >= 0.3 is 0 Å². The van der Waals surface area contributed by atoms with Crippen molar-refractivity contribution in [3.05, 3.63) is 82.7 Å². The smallest absolute Gasteiger partial charge is 0.270 e. The van der Waals surface area contributed by atoms with Crippen molar-refractivity contribution in [2.45, 2.75) is 12.8 Å². The van der Waals surface area contributed by atoms with Crippen LogP contribution in [0.25, 0.3) is 22.3 Å². The minimum Gasteiger partial charge on any atom is -0.342 e. The van der Waals surface area contributed by atoms with Gasteiger partial charge in [0.2, 0.25) is 0 Å². The summed E-state index contributed by atoms with van der Waals surface area (Å²) in [4.78, 5) is 27.2. The predicted octanol–water partition coefficient (Wildman–Crippen LogP) is 3.10. The highest BCUT2D eigenvalue weighted by Gasteiger charge is 2.07. The van der Waals surface area contributed by atoms with Gasteiger partial charge in [-0.05, 0) is 17.7 Å². The molecule has 0 atom stereocenters. The minimum absolute atomic E-state index is 0.136. The number of nitrogens with zero attached hydrogens (tertiary/aromatic N) is 2. The van der Waals surface area contributed by atoms with E-state index in [1.807, 2.05) is 60.8 Å². The van der Waals surface area contributed by atoms with Crippen molar-refractivity contribution in [2.24, 2.45) is 0 Å². The number of rotatable bonds is 4. The van der Waals surface area contributed by atoms with Crippen LogP contribution in [0, 0.1) is 0 Å². The fourth-order valence-corrected chi connectivity index (χ4v) is 2.73. The molecule has 0 amide bonds. The number of hydrogen-bond acceptors (Lipinski definition) is 3. The summed E-state index contributed by atoms with van der Waals surface area (Å²) >= 11 is 0. The number of para-hydroxylation sites is 2. The van der Waals surface area contributed by atoms with Gasteiger partial charge in [0.25, 0.3) is 5.56 Å². The Balaban J connectivity index is 1.54. The Bertz CT molecular complexity index is 1030. The monoisotopic (exact) mass is 316 g/mol. The second-order valence-corrected chi connectivity index (χ2v) is 5.64. The lowest BCUT2D eigenvalue weighted by Crippen LogP contribution is -2.16. The lowest BCUT2D eigenvalue weighted by atomic mass is 10.2. The van der Waals surface area contributed by atoms with Crippen LogP contribution in [0.15, 0.2) is 65.6 Å². The Hall–Kier alpha value is -3.21. The fourth-order valence-electron chi connectivity index (χ4n) is 2.73. The number of benzene rings is 2. The van der Waals surface area contributed by atoms with Crippen LogP contribution in [-0.2, 0) is 12.8 Å². The van der Waals surface area contributed by atoms with Crippen molar-refractivity contribution >= 4 is 11.0 Å². The first kappa shape index (κ1) is 14.4. The van der Waals surface area contributed by atoms with Gasteiger partial charge in [0.1, 0.15) is 11.5 Å². The molecule has 4 rings (SSSR count). The van der Waals surface area contributed by atoms with Crippen molar-refractivity contribution in [2.75, 3.05) is 0 Å². The zero-order chi connectivity index (χ0) is 16.4. The first-order valence-electron chi connectivity index (χ1n) is 7.87. The molecule has 0 aliphatic heterocycles. The SMILES string of the molecule is O=c1[nH]c2ccccc2nc1CCc1ncc(-c2ccccc2)[nH]1. The van der Waals surface area contributed by atoms with E-state index in [4.69, 9.17) is 0 Å². The third-order valence-electron chi connectivity index (χ3n) is 3.98. The van der Waals surface area contributed by atoms with E-state index >= 15 is 0 Å². The van der Waals surface area contributed by atoms with Crippen LogP contribution >= 0.6 is 0 Å². The first-order chi connectivity index (χ1) is 11.8. The Kier molecular flexibility index (Phi) is 3.67. The van der Waals surface area contributed by atoms with Gasteiger partial charge in [-0.2, -0.15) is 0 Å². The highest BCUT2D eigenvalue weighted by atomic mass is 16.1. The molecule has 2 aromatic carbocycles. The molecule has 0 bridgehead atoms. The molecule has 2 N–H and O–H groups in total. The van der Waals surface area contributed by atoms with Crippen LogP contribution in [0.4, 0.5) is 0 Å². The quantitative estimate of drug-likeness (QED) is 0.607. The van der Waals surface area contributed by atoms with Gasteiger partial charge in [-0.3, -0.25) is 4.79 Å². The van der Waals surface area contributed by atoms with Gasteiger partial charge in [-0.15, -0.1) is 0 Å². The Morgan fingerprint density at radius 3 is 2.54 bits per heavy atom. The van der Waals surface area contributed by atoms with Crippen LogP contribution in [0.3, 0.4) is 0 Å². The molecular weight excluding hydrogens is 300 g/mol. The molecule has 4 aromatic rings. The number of aryl methyl sites for hydroxylation is 2. The Morgan fingerprint density at radius 2 is 1.67 bits per heavy atom. The molecule has 24 heavy (non-hydrogen) atoms. The highest BCUT2D eigenvalue weighted by Crippen LogP contribution is 2.16. The third kappa shape index (κ3) is 2.84. The van der Waals surface area contributed by atoms with E-state index in [0.717, 1.165) is 28.1 Å². The summed E-state index contributed by atoms with van der Waals surface area (Å²) in [6, 6.07) is 17.6. The normalized spacial score (nSPS) is 11.0. The standard InChI is InChI=1S/C19H16N4O/c24-19-16(21-14-8-4-5-9-15(14)23-19)10-11-18-20-12-17(22-18)13-6-2-1-3-7-13/h1-9,12H,10-11H2,(H,20,22)(H,23,24). The number of fused-ring (bicyclic) bond motifs is 1. The van der Waals surface area contributed by atoms with Crippen LogP contribution in [-0.4, -0.2) is 19.9 Å². The largest absolute Gasteiger partial charge is 0.342 e. The van der Waals surface area contributed by atoms with Crippen LogP contribution in [0.2, 0.25) is 0 Å². The zero-order valence-corrected chi connectivity index (χ0v) is 13.0. The summed E-state index contributed by atoms with van der Waals surface area (Å²) in [5.74, 6) is 0.850. The van der Waals surface area contributed by atoms with Gasteiger partial charge < -0.3 is 9.97 Å². The Morgan fingerprint density at radius 1 is 0.875 bits per heavy atom. The molecule has 0 aliphatic carbocycles. The number of H-pyrrole nitrogens is 2. The molecule has 0 fully saturated rings. The van der Waals surface area contributed by atoms with Gasteiger partial charge in [0, 0.05) is 12.8 Å². The second-order valence-electron chi connectivity index (χ2n) is 5.64. The van der Waals surface area contributed by atoms with Gasteiger partial charge in [-0.1, -0.05) is 42.5 Å². The summed E-state index contributed by atoms with van der Waals surface area (Å²) in [7, 11) is 0. The molecule has 0 saturated carbocycles. The molecule has 0 spiro atoms. The van der Waals surface area contributed by atoms with Crippen molar-refractivity contribution in [3.63, 3.8) is 0 Å². The van der Waals surface area contributed by atoms with E-state index in [-0.39, 0.29) is 5.56 Å². The summed E-state index contributed by atoms with van der Waals surface area (Å²) < 4.78 is 0. The summed E-state index contributed by atoms with van der Waals surface area (Å²) in [5.41, 5.74) is 4.03. The van der Waals surface area contributed by atoms with Crippen LogP contribution in [0.1, 0.15) is 11.5 Å². The van der Waals surface area contributed by atoms with Gasteiger partial charge in [-0.25, -0.2) is 9.97 Å². The van der Waals surface area contributed by atoms with Crippen molar-refractivity contribution in [1.82, 2.24) is 19.9 Å². The van der Waals surface area contributed by atoms with E-state index in [2.05, 4.69) is 19.9 Å². The summed E-state index contributed by atoms with van der Waals surface area (Å²) in [6.45, 7) is 0. The second kappa shape index (κ2) is 6.12. The summed E-state index contributed by atoms with van der Waals surface area (Å²) in [5, 5.41) is 0. The molecule has 2 heterocycles. The van der Waals surface area contributed by atoms with Crippen LogP contribution < -0.4 is 5.56 Å². The topological polar surface area (TPSA) is 74.4 Å². The maximum absolute atomic E-state index is 12.1. The average molecular weight is 316 g/mol. The molecule has 118 valence electrons. The molecule has 0 saturated heterocycles. The lowest BCUT2D eigenvalue weighted by Gasteiger charge is -2.01. The van der Waals surface area contributed by atoms with Crippen molar-refractivity contribution in [1.29, 1.82) is 0 Å². The van der Waals surface area contributed by atoms with Crippen molar-refractivity contribution < 1.29 is 0 Å². The van der Waals surface area contributed by atoms with Crippen LogP contribution in [0.5, 0.6) is 0 Å². The molecule has 0 unspecified atom stereocenters. The predicted molar refractivity (Wildman–Crippen MR) is 93.8 cm³/mol.